The van der Waals surface area contributed by atoms with Crippen LogP contribution in [0.15, 0.2) is 24.3 Å². The zero-order chi connectivity index (χ0) is 12.5. The first-order valence-electron chi connectivity index (χ1n) is 5.70. The molecule has 0 amide bonds. The van der Waals surface area contributed by atoms with Gasteiger partial charge in [-0.1, -0.05) is 35.1 Å². The van der Waals surface area contributed by atoms with Crippen molar-refractivity contribution in [1.29, 1.82) is 0 Å². The summed E-state index contributed by atoms with van der Waals surface area (Å²) in [4.78, 5) is 2.04. The minimum absolute atomic E-state index is 0.214. The Bertz CT molecular complexity index is 537. The molecule has 0 atom stereocenters. The average Bonchev–Trinajstić information content (AvgIpc) is 2.76. The van der Waals surface area contributed by atoms with Gasteiger partial charge >= 0.3 is 0 Å². The molecule has 1 aromatic heterocycles. The molecule has 1 aliphatic heterocycles. The highest BCUT2D eigenvalue weighted by Crippen LogP contribution is 2.26. The predicted molar refractivity (Wildman–Crippen MR) is 72.4 cm³/mol. The first-order chi connectivity index (χ1) is 8.70. The lowest BCUT2D eigenvalue weighted by molar-refractivity contribution is 0.141. The highest BCUT2D eigenvalue weighted by atomic mass is 35.5. The van der Waals surface area contributed by atoms with Gasteiger partial charge in [0.05, 0.1) is 6.10 Å². The van der Waals surface area contributed by atoms with Crippen LogP contribution in [0, 0.1) is 0 Å². The summed E-state index contributed by atoms with van der Waals surface area (Å²) in [7, 11) is 0. The van der Waals surface area contributed by atoms with E-state index >= 15 is 0 Å². The molecule has 1 N–H and O–H groups in total. The van der Waals surface area contributed by atoms with Gasteiger partial charge in [-0.2, -0.15) is 0 Å². The van der Waals surface area contributed by atoms with Crippen LogP contribution in [0.5, 0.6) is 0 Å². The number of benzene rings is 1. The lowest BCUT2D eigenvalue weighted by atomic mass is 10.2. The summed E-state index contributed by atoms with van der Waals surface area (Å²) in [6.45, 7) is 1.32. The average molecular weight is 282 g/mol. The molecule has 1 aromatic carbocycles. The maximum Gasteiger partial charge on any atom is 0.208 e. The molecule has 2 heterocycles. The van der Waals surface area contributed by atoms with Gasteiger partial charge in [-0.25, -0.2) is 0 Å². The molecule has 1 fully saturated rings. The third-order valence-corrected chi connectivity index (χ3v) is 4.09. The van der Waals surface area contributed by atoms with E-state index in [0.717, 1.165) is 21.6 Å². The minimum Gasteiger partial charge on any atom is -0.389 e. The Balaban J connectivity index is 1.68. The summed E-state index contributed by atoms with van der Waals surface area (Å²) in [6.07, 6.45) is 0.555. The largest absolute Gasteiger partial charge is 0.389 e. The number of hydrogen-bond acceptors (Lipinski definition) is 5. The second-order valence-corrected chi connectivity index (χ2v) is 5.82. The van der Waals surface area contributed by atoms with E-state index in [1.165, 1.54) is 5.56 Å². The topological polar surface area (TPSA) is 49.2 Å². The van der Waals surface area contributed by atoms with E-state index in [9.17, 15) is 5.11 Å². The van der Waals surface area contributed by atoms with Gasteiger partial charge in [0, 0.05) is 24.5 Å². The van der Waals surface area contributed by atoms with Crippen LogP contribution in [-0.4, -0.2) is 34.5 Å². The summed E-state index contributed by atoms with van der Waals surface area (Å²) in [5.41, 5.74) is 1.17. The van der Waals surface area contributed by atoms with Crippen LogP contribution in [0.2, 0.25) is 5.02 Å². The molecule has 0 bridgehead atoms. The van der Waals surface area contributed by atoms with Gasteiger partial charge in [-0.3, -0.25) is 0 Å². The van der Waals surface area contributed by atoms with Crippen molar-refractivity contribution in [3.63, 3.8) is 0 Å². The number of aliphatic hydroxyl groups excluding tert-OH is 1. The summed E-state index contributed by atoms with van der Waals surface area (Å²) in [5.74, 6) is 0. The lowest BCUT2D eigenvalue weighted by Crippen LogP contribution is -2.50. The van der Waals surface area contributed by atoms with Gasteiger partial charge in [-0.05, 0) is 17.7 Å². The first kappa shape index (κ1) is 11.9. The summed E-state index contributed by atoms with van der Waals surface area (Å²) in [5, 5.41) is 20.2. The number of anilines is 1. The lowest BCUT2D eigenvalue weighted by Gasteiger charge is -2.34. The molecule has 4 nitrogen and oxygen atoms in total. The standard InChI is InChI=1S/C12H12ClN3OS/c13-9-3-1-8(2-4-9)5-11-14-15-12(18-11)16-6-10(17)7-16/h1-4,10,17H,5-7H2. The van der Waals surface area contributed by atoms with Crippen LogP contribution >= 0.6 is 22.9 Å². The van der Waals surface area contributed by atoms with Gasteiger partial charge in [0.25, 0.3) is 0 Å². The molecule has 94 valence electrons. The molecule has 0 saturated carbocycles. The zero-order valence-corrected chi connectivity index (χ0v) is 11.2. The van der Waals surface area contributed by atoms with Crippen molar-refractivity contribution < 1.29 is 5.11 Å². The first-order valence-corrected chi connectivity index (χ1v) is 6.90. The highest BCUT2D eigenvalue weighted by Gasteiger charge is 2.27. The maximum atomic E-state index is 9.25. The maximum absolute atomic E-state index is 9.25. The van der Waals surface area contributed by atoms with Gasteiger partial charge in [0.15, 0.2) is 0 Å². The number of aromatic nitrogens is 2. The van der Waals surface area contributed by atoms with Crippen LogP contribution in [-0.2, 0) is 6.42 Å². The Morgan fingerprint density at radius 2 is 2.00 bits per heavy atom. The van der Waals surface area contributed by atoms with E-state index < -0.39 is 0 Å². The second-order valence-electron chi connectivity index (χ2n) is 4.34. The van der Waals surface area contributed by atoms with E-state index in [-0.39, 0.29) is 6.10 Å². The van der Waals surface area contributed by atoms with Gasteiger partial charge in [0.1, 0.15) is 5.01 Å². The van der Waals surface area contributed by atoms with Crippen LogP contribution in [0.1, 0.15) is 10.6 Å². The van der Waals surface area contributed by atoms with Crippen molar-refractivity contribution in [3.8, 4) is 0 Å². The molecule has 1 saturated heterocycles. The monoisotopic (exact) mass is 281 g/mol. The van der Waals surface area contributed by atoms with Crippen LogP contribution in [0.4, 0.5) is 5.13 Å². The van der Waals surface area contributed by atoms with Crippen LogP contribution in [0.25, 0.3) is 0 Å². The molecule has 0 spiro atoms. The highest BCUT2D eigenvalue weighted by molar-refractivity contribution is 7.15. The Hall–Kier alpha value is -1.17. The van der Waals surface area contributed by atoms with E-state index in [2.05, 4.69) is 10.2 Å². The molecule has 3 rings (SSSR count). The van der Waals surface area contributed by atoms with Gasteiger partial charge in [-0.15, -0.1) is 10.2 Å². The Kier molecular flexibility index (Phi) is 3.20. The number of halogens is 1. The molecule has 0 aliphatic carbocycles. The fourth-order valence-corrected chi connectivity index (χ4v) is 2.85. The zero-order valence-electron chi connectivity index (χ0n) is 9.58. The van der Waals surface area contributed by atoms with Crippen molar-refractivity contribution in [2.24, 2.45) is 0 Å². The molecule has 1 aliphatic rings. The normalized spacial score (nSPS) is 15.8. The molecule has 0 unspecified atom stereocenters. The Morgan fingerprint density at radius 3 is 2.67 bits per heavy atom. The number of nitrogens with zero attached hydrogens (tertiary/aromatic N) is 3. The Labute approximate surface area is 114 Å². The second kappa shape index (κ2) is 4.84. The SMILES string of the molecule is OC1CN(c2nnc(Cc3ccc(Cl)cc3)s2)C1. The van der Waals surface area contributed by atoms with Crippen molar-refractivity contribution in [3.05, 3.63) is 39.9 Å². The number of aliphatic hydroxyl groups is 1. The molecule has 6 heteroatoms. The number of β-amino-alcohol motifs (C(OH)–C–C–N with tert-alkyl or cyclic N) is 1. The summed E-state index contributed by atoms with van der Waals surface area (Å²) < 4.78 is 0. The molecular formula is C12H12ClN3OS. The van der Waals surface area contributed by atoms with Gasteiger partial charge in [0.2, 0.25) is 5.13 Å². The van der Waals surface area contributed by atoms with Gasteiger partial charge < -0.3 is 10.0 Å². The van der Waals surface area contributed by atoms with Crippen molar-refractivity contribution in [2.75, 3.05) is 18.0 Å². The quantitative estimate of drug-likeness (QED) is 0.934. The van der Waals surface area contributed by atoms with Crippen molar-refractivity contribution in [2.45, 2.75) is 12.5 Å². The van der Waals surface area contributed by atoms with Crippen molar-refractivity contribution in [1.82, 2.24) is 10.2 Å². The van der Waals surface area contributed by atoms with Crippen LogP contribution in [0.3, 0.4) is 0 Å². The third-order valence-electron chi connectivity index (χ3n) is 2.86. The molecule has 2 aromatic rings. The van der Waals surface area contributed by atoms with E-state index in [4.69, 9.17) is 11.6 Å². The predicted octanol–water partition coefficient (Wildman–Crippen LogP) is 1.96. The summed E-state index contributed by atoms with van der Waals surface area (Å²) in [6, 6.07) is 7.75. The minimum atomic E-state index is -0.214. The van der Waals surface area contributed by atoms with Crippen molar-refractivity contribution >= 4 is 28.1 Å². The molecule has 0 radical (unpaired) electrons. The fourth-order valence-electron chi connectivity index (χ4n) is 1.83. The number of hydrogen-bond donors (Lipinski definition) is 1. The smallest absolute Gasteiger partial charge is 0.208 e. The van der Waals surface area contributed by atoms with Crippen LogP contribution < -0.4 is 4.90 Å². The van der Waals surface area contributed by atoms with E-state index in [1.807, 2.05) is 29.2 Å². The summed E-state index contributed by atoms with van der Waals surface area (Å²) >= 11 is 7.42. The van der Waals surface area contributed by atoms with E-state index in [1.54, 1.807) is 11.3 Å². The fraction of sp³-hybridized carbons (Fsp3) is 0.333. The third kappa shape index (κ3) is 2.48. The Morgan fingerprint density at radius 1 is 1.28 bits per heavy atom. The number of rotatable bonds is 3. The molecular weight excluding hydrogens is 270 g/mol. The molecule has 18 heavy (non-hydrogen) atoms. The van der Waals surface area contributed by atoms with E-state index in [0.29, 0.717) is 13.1 Å².